The second-order valence-electron chi connectivity index (χ2n) is 6.63. The fraction of sp³-hybridized carbons (Fsp3) is 0.875. The minimum atomic E-state index is 0.322. The molecule has 1 unspecified atom stereocenters. The summed E-state index contributed by atoms with van der Waals surface area (Å²) in [6.07, 6.45) is 15.4. The molecule has 4 bridgehead atoms. The first-order valence-electron chi connectivity index (χ1n) is 7.52. The largest absolute Gasteiger partial charge is 0.300 e. The third-order valence-corrected chi connectivity index (χ3v) is 5.40. The van der Waals surface area contributed by atoms with Crippen LogP contribution in [-0.4, -0.2) is 12.1 Å². The van der Waals surface area contributed by atoms with Crippen LogP contribution in [-0.2, 0) is 0 Å². The Bertz CT molecular complexity index is 286. The Hall–Kier alpha value is -0.480. The SMILES string of the molecule is C#CC(CCC)NC1C2CC3CC(C2)CC1C3. The molecule has 4 saturated carbocycles. The minimum Gasteiger partial charge on any atom is -0.300 e. The van der Waals surface area contributed by atoms with Crippen molar-refractivity contribution in [3.05, 3.63) is 0 Å². The molecule has 0 aliphatic heterocycles. The second-order valence-corrected chi connectivity index (χ2v) is 6.63. The highest BCUT2D eigenvalue weighted by atomic mass is 15.0. The van der Waals surface area contributed by atoms with Crippen LogP contribution in [0, 0.1) is 36.0 Å². The molecule has 17 heavy (non-hydrogen) atoms. The summed E-state index contributed by atoms with van der Waals surface area (Å²) < 4.78 is 0. The molecule has 0 heterocycles. The van der Waals surface area contributed by atoms with Crippen molar-refractivity contribution in [1.82, 2.24) is 5.32 Å². The zero-order valence-electron chi connectivity index (χ0n) is 11.0. The van der Waals surface area contributed by atoms with Crippen LogP contribution in [0.2, 0.25) is 0 Å². The molecule has 0 saturated heterocycles. The molecule has 0 aromatic rings. The molecule has 4 rings (SSSR count). The minimum absolute atomic E-state index is 0.322. The van der Waals surface area contributed by atoms with Crippen molar-refractivity contribution in [2.45, 2.75) is 64.0 Å². The first kappa shape index (κ1) is 11.6. The summed E-state index contributed by atoms with van der Waals surface area (Å²) in [5.74, 6) is 6.96. The maximum atomic E-state index is 5.65. The molecule has 94 valence electrons. The van der Waals surface area contributed by atoms with Crippen LogP contribution in [0.4, 0.5) is 0 Å². The number of nitrogens with one attached hydrogen (secondary N) is 1. The number of hydrogen-bond donors (Lipinski definition) is 1. The van der Waals surface area contributed by atoms with E-state index in [9.17, 15) is 0 Å². The summed E-state index contributed by atoms with van der Waals surface area (Å²) >= 11 is 0. The van der Waals surface area contributed by atoms with Crippen LogP contribution in [0.3, 0.4) is 0 Å². The smallest absolute Gasteiger partial charge is 0.0689 e. The van der Waals surface area contributed by atoms with Crippen molar-refractivity contribution in [1.29, 1.82) is 0 Å². The molecular formula is C16H25N. The molecule has 0 radical (unpaired) electrons. The Morgan fingerprint density at radius 3 is 2.18 bits per heavy atom. The fourth-order valence-electron chi connectivity index (χ4n) is 4.93. The van der Waals surface area contributed by atoms with Crippen LogP contribution in [0.15, 0.2) is 0 Å². The molecule has 0 aromatic carbocycles. The van der Waals surface area contributed by atoms with E-state index in [-0.39, 0.29) is 0 Å². The second kappa shape index (κ2) is 4.65. The summed E-state index contributed by atoms with van der Waals surface area (Å²) in [4.78, 5) is 0. The normalized spacial score (nSPS) is 44.6. The number of hydrogen-bond acceptors (Lipinski definition) is 1. The Kier molecular flexibility index (Phi) is 3.17. The maximum absolute atomic E-state index is 5.65. The maximum Gasteiger partial charge on any atom is 0.0689 e. The zero-order valence-corrected chi connectivity index (χ0v) is 11.0. The molecule has 4 fully saturated rings. The van der Waals surface area contributed by atoms with Gasteiger partial charge in [-0.2, -0.15) is 0 Å². The van der Waals surface area contributed by atoms with Crippen molar-refractivity contribution >= 4 is 0 Å². The molecule has 0 amide bonds. The highest BCUT2D eigenvalue weighted by Crippen LogP contribution is 2.53. The average molecular weight is 231 g/mol. The summed E-state index contributed by atoms with van der Waals surface area (Å²) in [7, 11) is 0. The highest BCUT2D eigenvalue weighted by molar-refractivity contribution is 5.06. The Labute approximate surface area is 106 Å². The first-order chi connectivity index (χ1) is 8.30. The van der Waals surface area contributed by atoms with E-state index in [1.165, 1.54) is 38.5 Å². The molecule has 1 heteroatoms. The molecule has 0 spiro atoms. The highest BCUT2D eigenvalue weighted by Gasteiger charge is 2.48. The van der Waals surface area contributed by atoms with Crippen LogP contribution in [0.5, 0.6) is 0 Å². The lowest BCUT2D eigenvalue weighted by molar-refractivity contribution is -0.0158. The van der Waals surface area contributed by atoms with Crippen LogP contribution >= 0.6 is 0 Å². The van der Waals surface area contributed by atoms with Gasteiger partial charge in [0.25, 0.3) is 0 Å². The third kappa shape index (κ3) is 2.13. The monoisotopic (exact) mass is 231 g/mol. The number of terminal acetylenes is 1. The van der Waals surface area contributed by atoms with Gasteiger partial charge in [0.15, 0.2) is 0 Å². The van der Waals surface area contributed by atoms with Crippen LogP contribution in [0.25, 0.3) is 0 Å². The van der Waals surface area contributed by atoms with Crippen molar-refractivity contribution in [2.75, 3.05) is 0 Å². The van der Waals surface area contributed by atoms with Crippen molar-refractivity contribution in [3.8, 4) is 12.3 Å². The predicted octanol–water partition coefficient (Wildman–Crippen LogP) is 3.20. The fourth-order valence-corrected chi connectivity index (χ4v) is 4.93. The van der Waals surface area contributed by atoms with Gasteiger partial charge in [-0.05, 0) is 62.2 Å². The van der Waals surface area contributed by atoms with E-state index in [4.69, 9.17) is 6.42 Å². The van der Waals surface area contributed by atoms with Gasteiger partial charge in [-0.15, -0.1) is 6.42 Å². The van der Waals surface area contributed by atoms with Gasteiger partial charge < -0.3 is 5.32 Å². The van der Waals surface area contributed by atoms with Crippen molar-refractivity contribution < 1.29 is 0 Å². The lowest BCUT2D eigenvalue weighted by Gasteiger charge is -2.55. The van der Waals surface area contributed by atoms with E-state index >= 15 is 0 Å². The van der Waals surface area contributed by atoms with Gasteiger partial charge in [-0.3, -0.25) is 0 Å². The molecule has 1 nitrogen and oxygen atoms in total. The summed E-state index contributed by atoms with van der Waals surface area (Å²) in [5, 5.41) is 3.81. The first-order valence-corrected chi connectivity index (χ1v) is 7.52. The molecule has 4 aliphatic carbocycles. The lowest BCUT2D eigenvalue weighted by atomic mass is 9.54. The van der Waals surface area contributed by atoms with Gasteiger partial charge in [0.05, 0.1) is 6.04 Å². The van der Waals surface area contributed by atoms with E-state index < -0.39 is 0 Å². The van der Waals surface area contributed by atoms with Gasteiger partial charge in [0.2, 0.25) is 0 Å². The van der Waals surface area contributed by atoms with Crippen LogP contribution < -0.4 is 5.32 Å². The van der Waals surface area contributed by atoms with Crippen molar-refractivity contribution in [3.63, 3.8) is 0 Å². The Balaban J connectivity index is 1.66. The van der Waals surface area contributed by atoms with Gasteiger partial charge >= 0.3 is 0 Å². The molecule has 1 atom stereocenters. The average Bonchev–Trinajstić information content (AvgIpc) is 2.31. The number of rotatable bonds is 4. The molecular weight excluding hydrogens is 206 g/mol. The van der Waals surface area contributed by atoms with Gasteiger partial charge in [0, 0.05) is 6.04 Å². The quantitative estimate of drug-likeness (QED) is 0.733. The Morgan fingerprint density at radius 1 is 1.12 bits per heavy atom. The van der Waals surface area contributed by atoms with Gasteiger partial charge in [-0.25, -0.2) is 0 Å². The van der Waals surface area contributed by atoms with E-state index in [0.29, 0.717) is 6.04 Å². The molecule has 4 aliphatic rings. The summed E-state index contributed by atoms with van der Waals surface area (Å²) in [6, 6.07) is 1.07. The van der Waals surface area contributed by atoms with E-state index in [0.717, 1.165) is 36.1 Å². The van der Waals surface area contributed by atoms with E-state index in [1.807, 2.05) is 0 Å². The van der Waals surface area contributed by atoms with Gasteiger partial charge in [0.1, 0.15) is 0 Å². The zero-order chi connectivity index (χ0) is 11.8. The summed E-state index contributed by atoms with van der Waals surface area (Å²) in [5.41, 5.74) is 0. The lowest BCUT2D eigenvalue weighted by Crippen LogP contribution is -2.56. The van der Waals surface area contributed by atoms with E-state index in [2.05, 4.69) is 18.2 Å². The predicted molar refractivity (Wildman–Crippen MR) is 71.5 cm³/mol. The third-order valence-electron chi connectivity index (χ3n) is 5.40. The van der Waals surface area contributed by atoms with Crippen LogP contribution in [0.1, 0.15) is 51.9 Å². The Morgan fingerprint density at radius 2 is 1.71 bits per heavy atom. The van der Waals surface area contributed by atoms with Gasteiger partial charge in [-0.1, -0.05) is 19.3 Å². The molecule has 0 aromatic heterocycles. The van der Waals surface area contributed by atoms with Crippen molar-refractivity contribution in [2.24, 2.45) is 23.7 Å². The molecule has 1 N–H and O–H groups in total. The topological polar surface area (TPSA) is 12.0 Å². The summed E-state index contributed by atoms with van der Waals surface area (Å²) in [6.45, 7) is 2.23. The van der Waals surface area contributed by atoms with E-state index in [1.54, 1.807) is 0 Å². The standard InChI is InChI=1S/C16H25N/c1-3-5-15(4-2)17-16-13-7-11-6-12(9-13)10-14(16)8-11/h2,11-17H,3,5-10H2,1H3.